The van der Waals surface area contributed by atoms with Gasteiger partial charge in [-0.15, -0.1) is 0 Å². The monoisotopic (exact) mass is 561 g/mol. The van der Waals surface area contributed by atoms with Crippen LogP contribution in [0.2, 0.25) is 5.02 Å². The summed E-state index contributed by atoms with van der Waals surface area (Å²) < 4.78 is 46.4. The third-order valence-electron chi connectivity index (χ3n) is 6.42. The summed E-state index contributed by atoms with van der Waals surface area (Å²) in [6, 6.07) is 21.2. The number of ether oxygens (including phenoxy) is 1. The van der Waals surface area contributed by atoms with E-state index < -0.39 is 17.7 Å². The van der Waals surface area contributed by atoms with Crippen LogP contribution in [0.1, 0.15) is 54.9 Å². The first-order valence-electron chi connectivity index (χ1n) is 13.1. The highest BCUT2D eigenvalue weighted by Crippen LogP contribution is 2.37. The molecule has 0 aliphatic rings. The molecule has 0 saturated carbocycles. The van der Waals surface area contributed by atoms with Crippen molar-refractivity contribution in [3.8, 4) is 5.75 Å². The van der Waals surface area contributed by atoms with E-state index in [1.165, 1.54) is 11.6 Å². The van der Waals surface area contributed by atoms with E-state index in [9.17, 15) is 18.0 Å². The molecule has 0 radical (unpaired) electrons. The molecule has 0 bridgehead atoms. The number of hydrogen-bond donors (Lipinski definition) is 1. The summed E-state index contributed by atoms with van der Waals surface area (Å²) in [7, 11) is 0. The second-order valence-electron chi connectivity index (χ2n) is 10.2. The van der Waals surface area contributed by atoms with Crippen LogP contribution in [0.5, 0.6) is 5.75 Å². The molecule has 0 fully saturated rings. The molecule has 0 heterocycles. The fourth-order valence-electron chi connectivity index (χ4n) is 4.72. The Morgan fingerprint density at radius 1 is 1.03 bits per heavy atom. The van der Waals surface area contributed by atoms with Crippen LogP contribution in [0.3, 0.4) is 0 Å². The van der Waals surface area contributed by atoms with Crippen LogP contribution in [-0.2, 0) is 23.9 Å². The minimum absolute atomic E-state index is 0.0839. The number of alkyl halides is 3. The number of carboxylic acid groups (broad SMARTS) is 1. The number of carbonyl (C=O) groups is 1. The highest BCUT2D eigenvalue weighted by Gasteiger charge is 2.34. The summed E-state index contributed by atoms with van der Waals surface area (Å²) in [5.41, 5.74) is 1.45. The predicted octanol–water partition coefficient (Wildman–Crippen LogP) is 8.09. The quantitative estimate of drug-likeness (QED) is 0.202. The average molecular weight is 562 g/mol. The lowest BCUT2D eigenvalue weighted by molar-refractivity contribution is -0.138. The highest BCUT2D eigenvalue weighted by molar-refractivity contribution is 6.32. The second kappa shape index (κ2) is 14.4. The first kappa shape index (κ1) is 30.5. The van der Waals surface area contributed by atoms with Gasteiger partial charge in [0.2, 0.25) is 0 Å². The number of carboxylic acids is 1. The fourth-order valence-corrected chi connectivity index (χ4v) is 5.01. The smallest absolute Gasteiger partial charge is 0.417 e. The Balaban J connectivity index is 1.76. The molecule has 3 rings (SSSR count). The molecule has 0 aromatic heterocycles. The Labute approximate surface area is 233 Å². The molecule has 3 aromatic carbocycles. The number of aliphatic carboxylic acids is 1. The zero-order valence-corrected chi connectivity index (χ0v) is 23.0. The molecule has 0 aliphatic heterocycles. The molecule has 39 heavy (non-hydrogen) atoms. The van der Waals surface area contributed by atoms with Crippen molar-refractivity contribution in [3.63, 3.8) is 0 Å². The lowest BCUT2D eigenvalue weighted by atomic mass is 9.89. The summed E-state index contributed by atoms with van der Waals surface area (Å²) in [4.78, 5) is 13.1. The lowest BCUT2D eigenvalue weighted by Crippen LogP contribution is -2.31. The standard InChI is InChI=1S/C31H35ClF3NO3/c1-22(2)17-26(24-10-4-3-5-11-24)21-36(20-25-12-7-14-28(30(25)32)31(33,34)35)15-8-16-39-27-13-6-9-23(18-27)19-29(37)38/h3-7,9-14,18,22,26H,8,15-17,19-21H2,1-2H3,(H,37,38)/t26-/m1/s1. The Kier molecular flexibility index (Phi) is 11.3. The SMILES string of the molecule is CC(C)C[C@H](CN(CCCOc1cccc(CC(=O)O)c1)Cc1cccc(C(F)(F)F)c1Cl)c1ccccc1. The number of benzene rings is 3. The van der Waals surface area contributed by atoms with Gasteiger partial charge in [-0.3, -0.25) is 9.69 Å². The van der Waals surface area contributed by atoms with E-state index >= 15 is 0 Å². The van der Waals surface area contributed by atoms with E-state index in [1.807, 2.05) is 18.2 Å². The van der Waals surface area contributed by atoms with E-state index in [1.54, 1.807) is 30.3 Å². The Morgan fingerprint density at radius 3 is 2.41 bits per heavy atom. The maximum Gasteiger partial charge on any atom is 0.417 e. The van der Waals surface area contributed by atoms with Crippen molar-refractivity contribution in [1.29, 1.82) is 0 Å². The van der Waals surface area contributed by atoms with Crippen molar-refractivity contribution in [3.05, 3.63) is 100 Å². The molecule has 0 spiro atoms. The number of halogens is 4. The van der Waals surface area contributed by atoms with Gasteiger partial charge in [-0.1, -0.05) is 80.0 Å². The molecule has 210 valence electrons. The van der Waals surface area contributed by atoms with E-state index in [0.717, 1.165) is 12.5 Å². The average Bonchev–Trinajstić information content (AvgIpc) is 2.86. The molecular weight excluding hydrogens is 527 g/mol. The van der Waals surface area contributed by atoms with Gasteiger partial charge >= 0.3 is 12.1 Å². The molecule has 1 atom stereocenters. The van der Waals surface area contributed by atoms with Crippen LogP contribution in [0, 0.1) is 5.92 Å². The molecule has 0 saturated heterocycles. The van der Waals surface area contributed by atoms with Crippen molar-refractivity contribution in [1.82, 2.24) is 4.90 Å². The molecule has 4 nitrogen and oxygen atoms in total. The van der Waals surface area contributed by atoms with Gasteiger partial charge in [-0.2, -0.15) is 13.2 Å². The van der Waals surface area contributed by atoms with Crippen molar-refractivity contribution < 1.29 is 27.8 Å². The van der Waals surface area contributed by atoms with Crippen molar-refractivity contribution >= 4 is 17.6 Å². The van der Waals surface area contributed by atoms with Gasteiger partial charge in [-0.25, -0.2) is 0 Å². The van der Waals surface area contributed by atoms with Gasteiger partial charge in [0, 0.05) is 19.6 Å². The van der Waals surface area contributed by atoms with Gasteiger partial charge in [-0.05, 0) is 59.6 Å². The van der Waals surface area contributed by atoms with Crippen LogP contribution < -0.4 is 4.74 Å². The molecule has 1 N–H and O–H groups in total. The Hall–Kier alpha value is -3.03. The van der Waals surface area contributed by atoms with Gasteiger partial charge < -0.3 is 9.84 Å². The minimum atomic E-state index is -4.52. The molecule has 3 aromatic rings. The summed E-state index contributed by atoms with van der Waals surface area (Å²) in [5, 5.41) is 8.76. The van der Waals surface area contributed by atoms with Gasteiger partial charge in [0.05, 0.1) is 23.6 Å². The molecule has 0 unspecified atom stereocenters. The zero-order valence-electron chi connectivity index (χ0n) is 22.3. The first-order chi connectivity index (χ1) is 18.5. The Bertz CT molecular complexity index is 1200. The normalized spacial score (nSPS) is 12.6. The van der Waals surface area contributed by atoms with Gasteiger partial charge in [0.1, 0.15) is 5.75 Å². The predicted molar refractivity (Wildman–Crippen MR) is 148 cm³/mol. The second-order valence-corrected chi connectivity index (χ2v) is 10.5. The minimum Gasteiger partial charge on any atom is -0.494 e. The third-order valence-corrected chi connectivity index (χ3v) is 6.87. The number of nitrogens with zero attached hydrogens (tertiary/aromatic N) is 1. The lowest BCUT2D eigenvalue weighted by Gasteiger charge is -2.29. The van der Waals surface area contributed by atoms with E-state index in [2.05, 4.69) is 30.9 Å². The van der Waals surface area contributed by atoms with Crippen LogP contribution in [0.4, 0.5) is 13.2 Å². The third kappa shape index (κ3) is 9.90. The van der Waals surface area contributed by atoms with Crippen LogP contribution >= 0.6 is 11.6 Å². The molecule has 8 heteroatoms. The van der Waals surface area contributed by atoms with Gasteiger partial charge in [0.15, 0.2) is 0 Å². The van der Waals surface area contributed by atoms with E-state index in [0.29, 0.717) is 48.9 Å². The van der Waals surface area contributed by atoms with Crippen molar-refractivity contribution in [2.45, 2.75) is 51.7 Å². The maximum atomic E-state index is 13.5. The molecular formula is C31H35ClF3NO3. The first-order valence-corrected chi connectivity index (χ1v) is 13.5. The summed E-state index contributed by atoms with van der Waals surface area (Å²) in [6.45, 7) is 6.22. The largest absolute Gasteiger partial charge is 0.494 e. The van der Waals surface area contributed by atoms with E-state index in [-0.39, 0.29) is 23.9 Å². The Morgan fingerprint density at radius 2 is 1.74 bits per heavy atom. The zero-order chi connectivity index (χ0) is 28.4. The topological polar surface area (TPSA) is 49.8 Å². The summed E-state index contributed by atoms with van der Waals surface area (Å²) in [6.07, 6.45) is -3.04. The van der Waals surface area contributed by atoms with Crippen molar-refractivity contribution in [2.24, 2.45) is 5.92 Å². The summed E-state index contributed by atoms with van der Waals surface area (Å²) >= 11 is 6.25. The van der Waals surface area contributed by atoms with Crippen LogP contribution in [0.15, 0.2) is 72.8 Å². The maximum absolute atomic E-state index is 13.5. The van der Waals surface area contributed by atoms with Gasteiger partial charge in [0.25, 0.3) is 0 Å². The molecule has 0 amide bonds. The highest BCUT2D eigenvalue weighted by atomic mass is 35.5. The molecule has 0 aliphatic carbocycles. The fraction of sp³-hybridized carbons (Fsp3) is 0.387. The summed E-state index contributed by atoms with van der Waals surface area (Å²) in [5.74, 6) is 0.314. The van der Waals surface area contributed by atoms with E-state index in [4.69, 9.17) is 21.4 Å². The number of rotatable bonds is 14. The van der Waals surface area contributed by atoms with Crippen LogP contribution in [0.25, 0.3) is 0 Å². The van der Waals surface area contributed by atoms with Crippen molar-refractivity contribution in [2.75, 3.05) is 19.7 Å². The number of hydrogen-bond acceptors (Lipinski definition) is 3. The van der Waals surface area contributed by atoms with Crippen LogP contribution in [-0.4, -0.2) is 35.7 Å².